The van der Waals surface area contributed by atoms with E-state index in [1.165, 1.54) is 4.90 Å². The molecule has 1 aromatic rings. The van der Waals surface area contributed by atoms with Crippen molar-refractivity contribution < 1.29 is 18.7 Å². The highest BCUT2D eigenvalue weighted by Gasteiger charge is 2.21. The Bertz CT molecular complexity index is 436. The highest BCUT2D eigenvalue weighted by atomic mass is 16.5. The van der Waals surface area contributed by atoms with Gasteiger partial charge in [-0.15, -0.1) is 0 Å². The lowest BCUT2D eigenvalue weighted by atomic mass is 10.2. The number of hydrogen-bond acceptors (Lipinski definition) is 4. The van der Waals surface area contributed by atoms with Gasteiger partial charge in [-0.1, -0.05) is 0 Å². The lowest BCUT2D eigenvalue weighted by Gasteiger charge is -2.19. The second-order valence-corrected chi connectivity index (χ2v) is 3.95. The van der Waals surface area contributed by atoms with Crippen LogP contribution in [-0.2, 0) is 9.53 Å². The summed E-state index contributed by atoms with van der Waals surface area (Å²) in [7, 11) is 0. The lowest BCUT2D eigenvalue weighted by Crippen LogP contribution is -2.36. The summed E-state index contributed by atoms with van der Waals surface area (Å²) in [5.74, 6) is 0.647. The first-order valence-electron chi connectivity index (χ1n) is 6.01. The molecule has 0 unspecified atom stereocenters. The van der Waals surface area contributed by atoms with Crippen molar-refractivity contribution in [2.75, 3.05) is 19.7 Å². The van der Waals surface area contributed by atoms with Crippen LogP contribution in [0.25, 0.3) is 0 Å². The molecule has 1 aromatic heterocycles. The molecule has 0 N–H and O–H groups in total. The summed E-state index contributed by atoms with van der Waals surface area (Å²) >= 11 is 0. The van der Waals surface area contributed by atoms with E-state index in [1.807, 2.05) is 6.92 Å². The molecule has 0 saturated carbocycles. The van der Waals surface area contributed by atoms with Crippen LogP contribution in [0.5, 0.6) is 0 Å². The van der Waals surface area contributed by atoms with E-state index in [9.17, 15) is 9.59 Å². The normalized spacial score (nSPS) is 10.2. The number of nitrogens with zero attached hydrogens (tertiary/aromatic N) is 1. The van der Waals surface area contributed by atoms with E-state index >= 15 is 0 Å². The Labute approximate surface area is 107 Å². The number of rotatable bonds is 5. The van der Waals surface area contributed by atoms with Crippen LogP contribution < -0.4 is 0 Å². The lowest BCUT2D eigenvalue weighted by molar-refractivity contribution is -0.143. The van der Waals surface area contributed by atoms with Crippen molar-refractivity contribution >= 4 is 11.9 Å². The summed E-state index contributed by atoms with van der Waals surface area (Å²) < 4.78 is 10.2. The molecule has 0 spiro atoms. The molecule has 0 aliphatic carbocycles. The third kappa shape index (κ3) is 3.35. The molecule has 5 nitrogen and oxygen atoms in total. The van der Waals surface area contributed by atoms with Gasteiger partial charge in [0.2, 0.25) is 0 Å². The summed E-state index contributed by atoms with van der Waals surface area (Å²) in [5.41, 5.74) is 0.499. The highest BCUT2D eigenvalue weighted by molar-refractivity contribution is 5.96. The Morgan fingerprint density at radius 3 is 2.44 bits per heavy atom. The molecule has 1 amide bonds. The Morgan fingerprint density at radius 2 is 2.00 bits per heavy atom. The minimum Gasteiger partial charge on any atom is -0.466 e. The van der Waals surface area contributed by atoms with Gasteiger partial charge in [0.15, 0.2) is 0 Å². The zero-order chi connectivity index (χ0) is 13.7. The Kier molecular flexibility index (Phi) is 4.95. The van der Waals surface area contributed by atoms with E-state index < -0.39 is 5.97 Å². The molecule has 0 fully saturated rings. The SMILES string of the molecule is CCOC(=O)CN(CC)C(=O)c1cc(C)oc1C. The molecule has 5 heteroatoms. The number of aryl methyl sites for hydroxylation is 2. The van der Waals surface area contributed by atoms with Crippen LogP contribution in [-0.4, -0.2) is 36.5 Å². The number of hydrogen-bond donors (Lipinski definition) is 0. The van der Waals surface area contributed by atoms with Crippen LogP contribution in [0, 0.1) is 13.8 Å². The largest absolute Gasteiger partial charge is 0.466 e. The van der Waals surface area contributed by atoms with Gasteiger partial charge in [-0.25, -0.2) is 0 Å². The maximum absolute atomic E-state index is 12.2. The molecule has 100 valence electrons. The van der Waals surface area contributed by atoms with E-state index in [2.05, 4.69) is 0 Å². The zero-order valence-corrected chi connectivity index (χ0v) is 11.3. The first-order valence-corrected chi connectivity index (χ1v) is 6.01. The fourth-order valence-electron chi connectivity index (χ4n) is 1.70. The van der Waals surface area contributed by atoms with Gasteiger partial charge < -0.3 is 14.1 Å². The number of likely N-dealkylation sites (N-methyl/N-ethyl adjacent to an activating group) is 1. The molecular weight excluding hydrogens is 234 g/mol. The highest BCUT2D eigenvalue weighted by Crippen LogP contribution is 2.16. The van der Waals surface area contributed by atoms with Gasteiger partial charge in [-0.2, -0.15) is 0 Å². The number of furan rings is 1. The van der Waals surface area contributed by atoms with Gasteiger partial charge in [0.1, 0.15) is 18.1 Å². The summed E-state index contributed by atoms with van der Waals surface area (Å²) in [5, 5.41) is 0. The van der Waals surface area contributed by atoms with Gasteiger partial charge in [0.25, 0.3) is 5.91 Å². The molecule has 1 rings (SSSR count). The Hall–Kier alpha value is -1.78. The van der Waals surface area contributed by atoms with Crippen LogP contribution in [0.1, 0.15) is 35.7 Å². The van der Waals surface area contributed by atoms with Crippen molar-refractivity contribution in [3.63, 3.8) is 0 Å². The maximum Gasteiger partial charge on any atom is 0.325 e. The average Bonchev–Trinajstić information content (AvgIpc) is 2.65. The van der Waals surface area contributed by atoms with E-state index in [1.54, 1.807) is 26.8 Å². The van der Waals surface area contributed by atoms with Gasteiger partial charge in [0.05, 0.1) is 12.2 Å². The summed E-state index contributed by atoms with van der Waals surface area (Å²) in [6, 6.07) is 1.69. The monoisotopic (exact) mass is 253 g/mol. The first-order chi connectivity index (χ1) is 8.49. The van der Waals surface area contributed by atoms with E-state index in [0.29, 0.717) is 30.2 Å². The van der Waals surface area contributed by atoms with Crippen LogP contribution in [0.15, 0.2) is 10.5 Å². The molecule has 18 heavy (non-hydrogen) atoms. The van der Waals surface area contributed by atoms with E-state index in [4.69, 9.17) is 9.15 Å². The molecule has 0 aliphatic rings. The topological polar surface area (TPSA) is 59.8 Å². The molecule has 1 heterocycles. The predicted molar refractivity (Wildman–Crippen MR) is 66.4 cm³/mol. The number of esters is 1. The average molecular weight is 253 g/mol. The van der Waals surface area contributed by atoms with Crippen LogP contribution >= 0.6 is 0 Å². The summed E-state index contributed by atoms with van der Waals surface area (Å²) in [4.78, 5) is 25.0. The fourth-order valence-corrected chi connectivity index (χ4v) is 1.70. The second-order valence-electron chi connectivity index (χ2n) is 3.95. The molecule has 0 aliphatic heterocycles. The molecule has 0 saturated heterocycles. The van der Waals surface area contributed by atoms with Gasteiger partial charge in [0, 0.05) is 6.54 Å². The summed E-state index contributed by atoms with van der Waals surface area (Å²) in [6.45, 7) is 7.80. The Morgan fingerprint density at radius 1 is 1.33 bits per heavy atom. The first kappa shape index (κ1) is 14.3. The van der Waals surface area contributed by atoms with Crippen molar-refractivity contribution in [1.29, 1.82) is 0 Å². The number of ether oxygens (including phenoxy) is 1. The predicted octanol–water partition coefficient (Wildman–Crippen LogP) is 1.92. The number of amides is 1. The van der Waals surface area contributed by atoms with Crippen molar-refractivity contribution in [2.45, 2.75) is 27.7 Å². The quantitative estimate of drug-likeness (QED) is 0.752. The minimum atomic E-state index is -0.398. The molecule has 0 atom stereocenters. The molecular formula is C13H19NO4. The van der Waals surface area contributed by atoms with Crippen LogP contribution in [0.4, 0.5) is 0 Å². The molecule has 0 radical (unpaired) electrons. The van der Waals surface area contributed by atoms with Crippen LogP contribution in [0.2, 0.25) is 0 Å². The van der Waals surface area contributed by atoms with Crippen LogP contribution in [0.3, 0.4) is 0 Å². The number of carbonyl (C=O) groups excluding carboxylic acids is 2. The third-order valence-electron chi connectivity index (χ3n) is 2.57. The van der Waals surface area contributed by atoms with E-state index in [0.717, 1.165) is 0 Å². The maximum atomic E-state index is 12.2. The second kappa shape index (κ2) is 6.23. The number of carbonyl (C=O) groups is 2. The van der Waals surface area contributed by atoms with Crippen molar-refractivity contribution in [2.24, 2.45) is 0 Å². The standard InChI is InChI=1S/C13H19NO4/c1-5-14(8-12(15)17-6-2)13(16)11-7-9(3)18-10(11)4/h7H,5-6,8H2,1-4H3. The van der Waals surface area contributed by atoms with Crippen molar-refractivity contribution in [3.8, 4) is 0 Å². The molecule has 0 aromatic carbocycles. The van der Waals surface area contributed by atoms with Gasteiger partial charge >= 0.3 is 5.97 Å². The smallest absolute Gasteiger partial charge is 0.325 e. The Balaban J connectivity index is 2.79. The van der Waals surface area contributed by atoms with Crippen molar-refractivity contribution in [3.05, 3.63) is 23.2 Å². The minimum absolute atomic E-state index is 0.0349. The summed E-state index contributed by atoms with van der Waals surface area (Å²) in [6.07, 6.45) is 0. The third-order valence-corrected chi connectivity index (χ3v) is 2.57. The van der Waals surface area contributed by atoms with Crippen molar-refractivity contribution in [1.82, 2.24) is 4.90 Å². The van der Waals surface area contributed by atoms with Gasteiger partial charge in [-0.05, 0) is 33.8 Å². The van der Waals surface area contributed by atoms with Gasteiger partial charge in [-0.3, -0.25) is 9.59 Å². The zero-order valence-electron chi connectivity index (χ0n) is 11.3. The fraction of sp³-hybridized carbons (Fsp3) is 0.538. The van der Waals surface area contributed by atoms with E-state index in [-0.39, 0.29) is 12.5 Å². The molecule has 0 bridgehead atoms.